The van der Waals surface area contributed by atoms with Gasteiger partial charge in [0.1, 0.15) is 5.60 Å². The van der Waals surface area contributed by atoms with Crippen molar-refractivity contribution in [2.45, 2.75) is 72.2 Å². The van der Waals surface area contributed by atoms with Gasteiger partial charge in [0.25, 0.3) is 0 Å². The van der Waals surface area contributed by atoms with Crippen LogP contribution in [0.25, 0.3) is 0 Å². The topological polar surface area (TPSA) is 9.23 Å². The molecule has 0 bridgehead atoms. The van der Waals surface area contributed by atoms with Gasteiger partial charge in [-0.3, -0.25) is 0 Å². The van der Waals surface area contributed by atoms with Gasteiger partial charge in [0.05, 0.1) is 10.9 Å². The van der Waals surface area contributed by atoms with E-state index in [0.717, 1.165) is 30.6 Å². The van der Waals surface area contributed by atoms with Crippen LogP contribution in [0.4, 0.5) is 4.39 Å². The van der Waals surface area contributed by atoms with Crippen molar-refractivity contribution in [1.29, 1.82) is 0 Å². The molecule has 1 fully saturated rings. The summed E-state index contributed by atoms with van der Waals surface area (Å²) in [4.78, 5) is 3.34. The molecule has 3 heteroatoms. The second-order valence-corrected chi connectivity index (χ2v) is 10.4. The summed E-state index contributed by atoms with van der Waals surface area (Å²) < 4.78 is 21.5. The number of hydrogen-bond donors (Lipinski definition) is 0. The molecule has 0 radical (unpaired) electrons. The molecule has 0 heterocycles. The maximum Gasteiger partial charge on any atom is 0.170 e. The van der Waals surface area contributed by atoms with E-state index in [1.165, 1.54) is 29.1 Å². The van der Waals surface area contributed by atoms with Gasteiger partial charge >= 0.3 is 0 Å². The van der Waals surface area contributed by atoms with E-state index in [1.807, 2.05) is 48.5 Å². The Labute approximate surface area is 182 Å². The molecule has 0 N–H and O–H groups in total. The van der Waals surface area contributed by atoms with Gasteiger partial charge in [-0.05, 0) is 69.0 Å². The molecule has 0 saturated heterocycles. The summed E-state index contributed by atoms with van der Waals surface area (Å²) in [6, 6.07) is 26.2. The maximum atomic E-state index is 15.2. The van der Waals surface area contributed by atoms with Crippen molar-refractivity contribution in [2.24, 2.45) is 0 Å². The van der Waals surface area contributed by atoms with Gasteiger partial charge in [-0.25, -0.2) is 4.39 Å². The van der Waals surface area contributed by atoms with Crippen molar-refractivity contribution in [3.05, 3.63) is 84.7 Å². The second kappa shape index (κ2) is 9.70. The van der Waals surface area contributed by atoms with Crippen molar-refractivity contribution in [3.63, 3.8) is 0 Å². The highest BCUT2D eigenvalue weighted by Crippen LogP contribution is 2.36. The zero-order chi connectivity index (χ0) is 20.8. The Hall–Kier alpha value is -2.26. The van der Waals surface area contributed by atoms with Crippen LogP contribution in [0, 0.1) is 5.82 Å². The first-order valence-electron chi connectivity index (χ1n) is 11.0. The lowest BCUT2D eigenvalue weighted by molar-refractivity contribution is 0.0551. The zero-order valence-corrected chi connectivity index (χ0v) is 18.5. The van der Waals surface area contributed by atoms with E-state index in [-0.39, 0.29) is 22.3 Å². The largest absolute Gasteiger partial charge is 0.484 e. The minimum atomic E-state index is -0.351. The molecular formula is C27H30FOS+. The van der Waals surface area contributed by atoms with Gasteiger partial charge in [-0.1, -0.05) is 55.7 Å². The van der Waals surface area contributed by atoms with E-state index in [9.17, 15) is 0 Å². The minimum Gasteiger partial charge on any atom is -0.484 e. The third-order valence-corrected chi connectivity index (χ3v) is 8.08. The molecule has 3 aromatic carbocycles. The zero-order valence-electron chi connectivity index (χ0n) is 17.6. The predicted octanol–water partition coefficient (Wildman–Crippen LogP) is 7.80. The van der Waals surface area contributed by atoms with Crippen molar-refractivity contribution >= 4 is 10.9 Å². The average molecular weight is 422 g/mol. The Bertz CT molecular complexity index is 894. The predicted molar refractivity (Wildman–Crippen MR) is 123 cm³/mol. The van der Waals surface area contributed by atoms with E-state index in [0.29, 0.717) is 5.75 Å². The fourth-order valence-corrected chi connectivity index (χ4v) is 6.33. The van der Waals surface area contributed by atoms with Crippen LogP contribution in [0.15, 0.2) is 93.5 Å². The highest BCUT2D eigenvalue weighted by Gasteiger charge is 2.31. The SMILES string of the molecule is CC1(Oc2ccc([S+](c3ccccc3)c3ccccc3)cc2F)CCCCCCC1. The molecule has 1 nitrogen and oxygen atoms in total. The van der Waals surface area contributed by atoms with Gasteiger partial charge in [0.15, 0.2) is 26.3 Å². The molecule has 4 rings (SSSR count). The van der Waals surface area contributed by atoms with Crippen LogP contribution in [-0.4, -0.2) is 5.60 Å². The van der Waals surface area contributed by atoms with E-state index >= 15 is 4.39 Å². The summed E-state index contributed by atoms with van der Waals surface area (Å²) in [6.07, 6.45) is 8.09. The van der Waals surface area contributed by atoms with Crippen molar-refractivity contribution in [2.75, 3.05) is 0 Å². The molecule has 0 atom stereocenters. The lowest BCUT2D eigenvalue weighted by atomic mass is 9.88. The van der Waals surface area contributed by atoms with E-state index in [2.05, 4.69) is 31.2 Å². The number of ether oxygens (including phenoxy) is 1. The average Bonchev–Trinajstić information content (AvgIpc) is 2.75. The molecule has 0 spiro atoms. The number of benzene rings is 3. The summed E-state index contributed by atoms with van der Waals surface area (Å²) >= 11 is 0. The lowest BCUT2D eigenvalue weighted by Crippen LogP contribution is -2.33. The Morgan fingerprint density at radius 3 is 1.77 bits per heavy atom. The van der Waals surface area contributed by atoms with Crippen molar-refractivity contribution < 1.29 is 9.13 Å². The van der Waals surface area contributed by atoms with E-state index in [1.54, 1.807) is 6.07 Å². The fraction of sp³-hybridized carbons (Fsp3) is 0.333. The molecule has 3 aromatic rings. The van der Waals surface area contributed by atoms with Crippen LogP contribution in [0.2, 0.25) is 0 Å². The van der Waals surface area contributed by atoms with Crippen molar-refractivity contribution in [1.82, 2.24) is 0 Å². The quantitative estimate of drug-likeness (QED) is 0.382. The van der Waals surface area contributed by atoms with Crippen molar-refractivity contribution in [3.8, 4) is 5.75 Å². The Morgan fingerprint density at radius 2 is 1.23 bits per heavy atom. The summed E-state index contributed by atoms with van der Waals surface area (Å²) in [7, 11) is -0.351. The molecule has 0 aliphatic heterocycles. The van der Waals surface area contributed by atoms with Gasteiger partial charge in [0.2, 0.25) is 0 Å². The maximum absolute atomic E-state index is 15.2. The Morgan fingerprint density at radius 1 is 0.700 bits per heavy atom. The fourth-order valence-electron chi connectivity index (χ4n) is 4.23. The van der Waals surface area contributed by atoms with Gasteiger partial charge in [-0.15, -0.1) is 0 Å². The van der Waals surface area contributed by atoms with Gasteiger partial charge in [-0.2, -0.15) is 0 Å². The monoisotopic (exact) mass is 421 g/mol. The van der Waals surface area contributed by atoms with Crippen LogP contribution in [0.1, 0.15) is 51.9 Å². The molecular weight excluding hydrogens is 391 g/mol. The van der Waals surface area contributed by atoms with Crippen LogP contribution in [0.5, 0.6) is 5.75 Å². The number of hydrogen-bond acceptors (Lipinski definition) is 1. The highest BCUT2D eigenvalue weighted by molar-refractivity contribution is 7.97. The molecule has 1 saturated carbocycles. The molecule has 0 aromatic heterocycles. The lowest BCUT2D eigenvalue weighted by Gasteiger charge is -2.32. The van der Waals surface area contributed by atoms with Gasteiger partial charge in [0, 0.05) is 6.07 Å². The second-order valence-electron chi connectivity index (χ2n) is 8.34. The summed E-state index contributed by atoms with van der Waals surface area (Å²) in [6.45, 7) is 2.14. The van der Waals surface area contributed by atoms with E-state index in [4.69, 9.17) is 4.74 Å². The Kier molecular flexibility index (Phi) is 6.79. The molecule has 1 aliphatic carbocycles. The third-order valence-electron chi connectivity index (χ3n) is 5.86. The van der Waals surface area contributed by atoms with Crippen LogP contribution >= 0.6 is 0 Å². The summed E-state index contributed by atoms with van der Waals surface area (Å²) in [5.74, 6) is 0.117. The standard InChI is InChI=1S/C27H30FOS/c1-27(19-11-3-2-4-12-20-27)29-26-18-17-24(21-25(26)28)30(22-13-7-5-8-14-22)23-15-9-6-10-16-23/h5-10,13-18,21H,2-4,11-12,19-20H2,1H3/q+1. The number of halogens is 1. The molecule has 0 amide bonds. The first-order valence-corrected chi connectivity index (χ1v) is 12.2. The number of rotatable bonds is 5. The molecule has 1 aliphatic rings. The van der Waals surface area contributed by atoms with Crippen LogP contribution in [0.3, 0.4) is 0 Å². The minimum absolute atomic E-state index is 0.264. The van der Waals surface area contributed by atoms with Gasteiger partial charge < -0.3 is 4.74 Å². The third kappa shape index (κ3) is 5.07. The smallest absolute Gasteiger partial charge is 0.170 e. The molecule has 30 heavy (non-hydrogen) atoms. The normalized spacial score (nSPS) is 16.6. The van der Waals surface area contributed by atoms with Crippen LogP contribution in [-0.2, 0) is 10.9 Å². The highest BCUT2D eigenvalue weighted by atomic mass is 32.2. The molecule has 0 unspecified atom stereocenters. The first kappa shape index (κ1) is 21.0. The molecule has 156 valence electrons. The van der Waals surface area contributed by atoms with Crippen LogP contribution < -0.4 is 4.74 Å². The van der Waals surface area contributed by atoms with E-state index < -0.39 is 0 Å². The summed E-state index contributed by atoms with van der Waals surface area (Å²) in [5.41, 5.74) is -0.274. The first-order chi connectivity index (χ1) is 14.6. The summed E-state index contributed by atoms with van der Waals surface area (Å²) in [5, 5.41) is 0. The Balaban J connectivity index is 1.63.